The van der Waals surface area contributed by atoms with Gasteiger partial charge in [0.25, 0.3) is 5.91 Å². The zero-order valence-electron chi connectivity index (χ0n) is 15.8. The first-order valence-corrected chi connectivity index (χ1v) is 10.1. The van der Waals surface area contributed by atoms with Gasteiger partial charge in [-0.25, -0.2) is 9.37 Å². The molecule has 1 aromatic heterocycles. The van der Waals surface area contributed by atoms with Crippen LogP contribution in [0.25, 0.3) is 0 Å². The zero-order valence-corrected chi connectivity index (χ0v) is 18.3. The molecule has 1 N–H and O–H groups in total. The number of aryl methyl sites for hydroxylation is 1. The summed E-state index contributed by atoms with van der Waals surface area (Å²) in [5, 5.41) is 4.38. The van der Waals surface area contributed by atoms with Crippen molar-refractivity contribution >= 4 is 42.1 Å². The van der Waals surface area contributed by atoms with Crippen molar-refractivity contribution in [3.63, 3.8) is 0 Å². The first kappa shape index (κ1) is 23.1. The minimum atomic E-state index is -0.235. The number of carbonyl (C=O) groups is 1. The number of likely N-dealkylation sites (tertiary alicyclic amines) is 1. The molecule has 2 fully saturated rings. The van der Waals surface area contributed by atoms with Crippen LogP contribution < -0.4 is 5.32 Å². The van der Waals surface area contributed by atoms with E-state index in [1.54, 1.807) is 12.1 Å². The van der Waals surface area contributed by atoms with Crippen LogP contribution in [0.4, 0.5) is 4.39 Å². The van der Waals surface area contributed by atoms with Gasteiger partial charge in [0, 0.05) is 19.5 Å². The number of nitrogens with one attached hydrogen (secondary N) is 1. The number of nitrogens with zero attached hydrogens (tertiary/aromatic N) is 2. The first-order valence-electron chi connectivity index (χ1n) is 9.31. The second kappa shape index (κ2) is 10.0. The SMILES string of the molecule is Cc1nc(Cc2ccc(F)cc2)sc1C(=O)N1CC[C@@H]2CNC[C@@H]2CC1.Cl.Cl. The van der Waals surface area contributed by atoms with E-state index in [1.165, 1.54) is 23.5 Å². The molecule has 2 aliphatic rings. The molecular weight excluding hydrogens is 420 g/mol. The number of hydrogen-bond donors (Lipinski definition) is 1. The molecule has 1 amide bonds. The van der Waals surface area contributed by atoms with Crippen molar-refractivity contribution in [2.24, 2.45) is 11.8 Å². The van der Waals surface area contributed by atoms with Crippen molar-refractivity contribution in [3.05, 3.63) is 51.2 Å². The van der Waals surface area contributed by atoms with Gasteiger partial charge in [-0.05, 0) is 62.4 Å². The van der Waals surface area contributed by atoms with Gasteiger partial charge in [-0.2, -0.15) is 0 Å². The Morgan fingerprint density at radius 1 is 1.18 bits per heavy atom. The van der Waals surface area contributed by atoms with Crippen molar-refractivity contribution in [3.8, 4) is 0 Å². The average Bonchev–Trinajstić information content (AvgIpc) is 3.17. The molecular formula is C20H26Cl2FN3OS. The highest BCUT2D eigenvalue weighted by Crippen LogP contribution is 2.29. The number of aromatic nitrogens is 1. The highest BCUT2D eigenvalue weighted by Gasteiger charge is 2.32. The zero-order chi connectivity index (χ0) is 18.1. The van der Waals surface area contributed by atoms with Gasteiger partial charge in [-0.15, -0.1) is 36.2 Å². The summed E-state index contributed by atoms with van der Waals surface area (Å²) >= 11 is 1.48. The Labute approximate surface area is 181 Å². The van der Waals surface area contributed by atoms with Crippen LogP contribution in [0.3, 0.4) is 0 Å². The van der Waals surface area contributed by atoms with E-state index in [0.717, 1.165) is 60.2 Å². The van der Waals surface area contributed by atoms with Crippen molar-refractivity contribution in [1.82, 2.24) is 15.2 Å². The highest BCUT2D eigenvalue weighted by molar-refractivity contribution is 7.13. The average molecular weight is 446 g/mol. The summed E-state index contributed by atoms with van der Waals surface area (Å²) in [5.41, 5.74) is 1.82. The van der Waals surface area contributed by atoms with Gasteiger partial charge in [0.05, 0.1) is 10.7 Å². The second-order valence-corrected chi connectivity index (χ2v) is 8.46. The third kappa shape index (κ3) is 5.03. The molecule has 4 rings (SSSR count). The van der Waals surface area contributed by atoms with Crippen LogP contribution in [0.15, 0.2) is 24.3 Å². The van der Waals surface area contributed by atoms with E-state index in [1.807, 2.05) is 11.8 Å². The molecule has 1 aromatic carbocycles. The van der Waals surface area contributed by atoms with E-state index in [9.17, 15) is 9.18 Å². The third-order valence-corrected chi connectivity index (χ3v) is 6.76. The lowest BCUT2D eigenvalue weighted by Gasteiger charge is -2.20. The number of fused-ring (bicyclic) bond motifs is 1. The number of carbonyl (C=O) groups excluding carboxylic acids is 1. The van der Waals surface area contributed by atoms with Crippen LogP contribution in [0.5, 0.6) is 0 Å². The van der Waals surface area contributed by atoms with E-state index >= 15 is 0 Å². The van der Waals surface area contributed by atoms with Gasteiger partial charge in [0.1, 0.15) is 10.7 Å². The van der Waals surface area contributed by atoms with Gasteiger partial charge in [0.2, 0.25) is 0 Å². The van der Waals surface area contributed by atoms with Gasteiger partial charge >= 0.3 is 0 Å². The quantitative estimate of drug-likeness (QED) is 0.773. The molecule has 0 bridgehead atoms. The fourth-order valence-electron chi connectivity index (χ4n) is 4.07. The second-order valence-electron chi connectivity index (χ2n) is 7.37. The maximum absolute atomic E-state index is 13.1. The lowest BCUT2D eigenvalue weighted by Crippen LogP contribution is -2.32. The van der Waals surface area contributed by atoms with Crippen molar-refractivity contribution < 1.29 is 9.18 Å². The summed E-state index contributed by atoms with van der Waals surface area (Å²) in [7, 11) is 0. The van der Waals surface area contributed by atoms with E-state index in [2.05, 4.69) is 10.3 Å². The Bertz CT molecular complexity index is 785. The predicted molar refractivity (Wildman–Crippen MR) is 116 cm³/mol. The molecule has 2 atom stereocenters. The Hall–Kier alpha value is -1.21. The highest BCUT2D eigenvalue weighted by atomic mass is 35.5. The lowest BCUT2D eigenvalue weighted by molar-refractivity contribution is 0.0762. The number of benzene rings is 1. The maximum Gasteiger partial charge on any atom is 0.265 e. The summed E-state index contributed by atoms with van der Waals surface area (Å²) in [6, 6.07) is 6.47. The largest absolute Gasteiger partial charge is 0.338 e. The molecule has 2 aliphatic heterocycles. The molecule has 2 aromatic rings. The van der Waals surface area contributed by atoms with Crippen LogP contribution in [0, 0.1) is 24.6 Å². The summed E-state index contributed by atoms with van der Waals surface area (Å²) in [6.07, 6.45) is 2.81. The third-order valence-electron chi connectivity index (χ3n) is 5.61. The fraction of sp³-hybridized carbons (Fsp3) is 0.500. The summed E-state index contributed by atoms with van der Waals surface area (Å²) < 4.78 is 13.1. The van der Waals surface area contributed by atoms with Crippen molar-refractivity contribution in [2.45, 2.75) is 26.2 Å². The molecule has 0 saturated carbocycles. The minimum Gasteiger partial charge on any atom is -0.338 e. The smallest absolute Gasteiger partial charge is 0.265 e. The molecule has 3 heterocycles. The monoisotopic (exact) mass is 445 g/mol. The van der Waals surface area contributed by atoms with E-state index in [4.69, 9.17) is 0 Å². The molecule has 0 unspecified atom stereocenters. The van der Waals surface area contributed by atoms with Gasteiger partial charge in [0.15, 0.2) is 0 Å². The number of amides is 1. The maximum atomic E-state index is 13.1. The Morgan fingerprint density at radius 2 is 1.79 bits per heavy atom. The molecule has 0 radical (unpaired) electrons. The van der Waals surface area contributed by atoms with Gasteiger partial charge in [-0.1, -0.05) is 12.1 Å². The van der Waals surface area contributed by atoms with Crippen molar-refractivity contribution in [1.29, 1.82) is 0 Å². The lowest BCUT2D eigenvalue weighted by atomic mass is 9.92. The normalized spacial score (nSPS) is 21.3. The molecule has 154 valence electrons. The standard InChI is InChI=1S/C20H24FN3OS.2ClH/c1-13-19(26-18(23-13)10-14-2-4-17(21)5-3-14)20(25)24-8-6-15-11-22-12-16(15)7-9-24;;/h2-5,15-16,22H,6-12H2,1H3;2*1H/t15-,16+;;. The Kier molecular flexibility index (Phi) is 8.25. The molecule has 4 nitrogen and oxygen atoms in total. The molecule has 8 heteroatoms. The van der Waals surface area contributed by atoms with E-state index in [0.29, 0.717) is 18.3 Å². The van der Waals surface area contributed by atoms with Crippen molar-refractivity contribution in [2.75, 3.05) is 26.2 Å². The minimum absolute atomic E-state index is 0. The number of halogens is 3. The van der Waals surface area contributed by atoms with E-state index in [-0.39, 0.29) is 36.5 Å². The topological polar surface area (TPSA) is 45.2 Å². The van der Waals surface area contributed by atoms with Crippen LogP contribution in [-0.4, -0.2) is 42.0 Å². The Balaban J connectivity index is 0.00000140. The summed E-state index contributed by atoms with van der Waals surface area (Å²) in [5.74, 6) is 1.31. The number of rotatable bonds is 3. The Morgan fingerprint density at radius 3 is 2.39 bits per heavy atom. The molecule has 2 saturated heterocycles. The van der Waals surface area contributed by atoms with Crippen LogP contribution in [-0.2, 0) is 6.42 Å². The number of hydrogen-bond acceptors (Lipinski definition) is 4. The first-order chi connectivity index (χ1) is 12.6. The number of thiazole rings is 1. The molecule has 0 spiro atoms. The predicted octanol–water partition coefficient (Wildman–Crippen LogP) is 4.10. The fourth-order valence-corrected chi connectivity index (χ4v) is 5.13. The van der Waals surface area contributed by atoms with Gasteiger partial charge in [-0.3, -0.25) is 4.79 Å². The van der Waals surface area contributed by atoms with Crippen LogP contribution in [0.1, 0.15) is 38.8 Å². The van der Waals surface area contributed by atoms with E-state index < -0.39 is 0 Å². The summed E-state index contributed by atoms with van der Waals surface area (Å²) in [6.45, 7) is 5.77. The molecule has 28 heavy (non-hydrogen) atoms. The van der Waals surface area contributed by atoms with Crippen LogP contribution in [0.2, 0.25) is 0 Å². The molecule has 0 aliphatic carbocycles. The van der Waals surface area contributed by atoms with Crippen LogP contribution >= 0.6 is 36.2 Å². The van der Waals surface area contributed by atoms with Gasteiger partial charge < -0.3 is 10.2 Å². The summed E-state index contributed by atoms with van der Waals surface area (Å²) in [4.78, 5) is 20.4.